The third-order valence-electron chi connectivity index (χ3n) is 1.26. The van der Waals surface area contributed by atoms with Crippen LogP contribution in [-0.2, 0) is 24.4 Å². The Labute approximate surface area is 119 Å². The smallest absolute Gasteiger partial charge is 0.739 e. The van der Waals surface area contributed by atoms with Crippen LogP contribution in [0, 0.1) is 0 Å². The van der Waals surface area contributed by atoms with Gasteiger partial charge >= 0.3 is 35.5 Å². The summed E-state index contributed by atoms with van der Waals surface area (Å²) in [5.41, 5.74) is 0.0721. The minimum atomic E-state index is -4.18. The summed E-state index contributed by atoms with van der Waals surface area (Å²) in [6.07, 6.45) is 0. The fraction of sp³-hybridized carbons (Fsp3) is 0. The van der Waals surface area contributed by atoms with Gasteiger partial charge in [0.25, 0.3) is 0 Å². The van der Waals surface area contributed by atoms with E-state index in [1.54, 1.807) is 0 Å². The Morgan fingerprint density at radius 2 is 1.87 bits per heavy atom. The maximum atomic E-state index is 11.1. The van der Waals surface area contributed by atoms with Crippen LogP contribution in [0.4, 0.5) is 0 Å². The van der Waals surface area contributed by atoms with Crippen molar-refractivity contribution in [3.63, 3.8) is 0 Å². The zero-order valence-corrected chi connectivity index (χ0v) is 12.0. The maximum Gasteiger partial charge on any atom is 1.00 e. The summed E-state index contributed by atoms with van der Waals surface area (Å²) in [6, 6.07) is 5.55. The topological polar surface area (TPSA) is 66.4 Å². The number of rotatable bonds is 2. The molecule has 0 amide bonds. The molecule has 0 heterocycles. The third kappa shape index (κ3) is 5.82. The molecule has 0 aliphatic rings. The largest absolute Gasteiger partial charge is 1.00 e. The SMILES string of the molecule is O=C(OS(=O)([O-])=S)c1ccc(Cl)cc1.[Na+]. The van der Waals surface area contributed by atoms with Gasteiger partial charge in [-0.25, -0.2) is 9.00 Å². The summed E-state index contributed by atoms with van der Waals surface area (Å²) >= 11 is 9.45. The Hall–Kier alpha value is 0.310. The Morgan fingerprint density at radius 1 is 1.40 bits per heavy atom. The van der Waals surface area contributed by atoms with Gasteiger partial charge in [-0.3, -0.25) is 0 Å². The van der Waals surface area contributed by atoms with E-state index in [0.717, 1.165) is 0 Å². The van der Waals surface area contributed by atoms with Crippen molar-refractivity contribution in [2.45, 2.75) is 0 Å². The van der Waals surface area contributed by atoms with Crippen LogP contribution in [0.3, 0.4) is 0 Å². The normalized spacial score (nSPS) is 13.5. The standard InChI is InChI=1S/C7H5ClO4S2.Na/c8-6-3-1-5(2-4-6)7(9)12-14(10,11)13;/h1-4H,(H,10,11,13);/q;+1/p-1. The summed E-state index contributed by atoms with van der Waals surface area (Å²) in [5.74, 6) is -1.02. The van der Waals surface area contributed by atoms with E-state index in [1.165, 1.54) is 24.3 Å². The second kappa shape index (κ2) is 6.15. The van der Waals surface area contributed by atoms with Gasteiger partial charge < -0.3 is 8.74 Å². The van der Waals surface area contributed by atoms with Crippen molar-refractivity contribution in [3.8, 4) is 0 Å². The van der Waals surface area contributed by atoms with E-state index in [0.29, 0.717) is 5.02 Å². The third-order valence-corrected chi connectivity index (χ3v) is 2.07. The van der Waals surface area contributed by atoms with Gasteiger partial charge in [-0.2, -0.15) is 0 Å². The van der Waals surface area contributed by atoms with Crippen LogP contribution in [0.25, 0.3) is 0 Å². The zero-order valence-electron chi connectivity index (χ0n) is 7.64. The van der Waals surface area contributed by atoms with Gasteiger partial charge in [0, 0.05) is 16.2 Å². The molecular formula is C7H4ClNaO4S2. The van der Waals surface area contributed by atoms with Crippen LogP contribution in [0.2, 0.25) is 5.02 Å². The molecule has 0 aromatic heterocycles. The van der Waals surface area contributed by atoms with E-state index in [1.807, 2.05) is 0 Å². The van der Waals surface area contributed by atoms with Gasteiger partial charge in [0.05, 0.1) is 5.56 Å². The zero-order chi connectivity index (χ0) is 10.8. The number of carbonyl (C=O) groups is 1. The van der Waals surface area contributed by atoms with E-state index in [2.05, 4.69) is 15.4 Å². The first-order valence-corrected chi connectivity index (χ1v) is 6.05. The first kappa shape index (κ1) is 15.3. The summed E-state index contributed by atoms with van der Waals surface area (Å²) < 4.78 is 24.8. The van der Waals surface area contributed by atoms with Crippen LogP contribution >= 0.6 is 11.6 Å². The van der Waals surface area contributed by atoms with E-state index in [-0.39, 0.29) is 35.1 Å². The molecule has 1 rings (SSSR count). The molecule has 76 valence electrons. The Balaban J connectivity index is 0.00000196. The van der Waals surface area contributed by atoms with Crippen molar-refractivity contribution in [3.05, 3.63) is 34.9 Å². The van der Waals surface area contributed by atoms with Crippen LogP contribution < -0.4 is 29.6 Å². The summed E-state index contributed by atoms with van der Waals surface area (Å²) in [6.45, 7) is 0. The minimum Gasteiger partial charge on any atom is -0.739 e. The molecule has 0 saturated carbocycles. The number of carbonyl (C=O) groups excluding carboxylic acids is 1. The second-order valence-electron chi connectivity index (χ2n) is 2.29. The predicted molar refractivity (Wildman–Crippen MR) is 53.2 cm³/mol. The quantitative estimate of drug-likeness (QED) is 0.601. The average Bonchev–Trinajstić information content (AvgIpc) is 2.02. The molecule has 4 nitrogen and oxygen atoms in total. The Kier molecular flexibility index (Phi) is 6.27. The number of hydrogen-bond acceptors (Lipinski definition) is 5. The molecule has 1 atom stereocenters. The van der Waals surface area contributed by atoms with Crippen LogP contribution in [-0.4, -0.2) is 14.7 Å². The van der Waals surface area contributed by atoms with Gasteiger partial charge in [0.1, 0.15) is 9.05 Å². The molecule has 0 saturated heterocycles. The fourth-order valence-corrected chi connectivity index (χ4v) is 1.32. The molecule has 0 radical (unpaired) electrons. The first-order valence-electron chi connectivity index (χ1n) is 3.34. The van der Waals surface area contributed by atoms with E-state index < -0.39 is 15.0 Å². The van der Waals surface area contributed by atoms with Gasteiger partial charge in [-0.15, -0.1) is 0 Å². The average molecular weight is 275 g/mol. The van der Waals surface area contributed by atoms with Crippen molar-refractivity contribution in [2.24, 2.45) is 0 Å². The monoisotopic (exact) mass is 274 g/mol. The maximum absolute atomic E-state index is 11.1. The minimum absolute atomic E-state index is 0. The number of hydrogen-bond donors (Lipinski definition) is 0. The second-order valence-corrected chi connectivity index (χ2v) is 4.93. The van der Waals surface area contributed by atoms with Crippen molar-refractivity contribution >= 4 is 37.8 Å². The molecule has 0 bridgehead atoms. The van der Waals surface area contributed by atoms with Gasteiger partial charge in [0.15, 0.2) is 0 Å². The molecule has 8 heteroatoms. The number of halogens is 1. The van der Waals surface area contributed by atoms with Crippen LogP contribution in [0.5, 0.6) is 0 Å². The van der Waals surface area contributed by atoms with E-state index in [4.69, 9.17) is 11.6 Å². The summed E-state index contributed by atoms with van der Waals surface area (Å²) in [5, 5.41) is 0.433. The van der Waals surface area contributed by atoms with Gasteiger partial charge in [0.2, 0.25) is 0 Å². The Morgan fingerprint density at radius 3 is 2.27 bits per heavy atom. The molecule has 0 spiro atoms. The van der Waals surface area contributed by atoms with E-state index >= 15 is 0 Å². The summed E-state index contributed by atoms with van der Waals surface area (Å²) in [7, 11) is -4.18. The molecule has 1 unspecified atom stereocenters. The molecule has 1 aromatic carbocycles. The number of benzene rings is 1. The van der Waals surface area contributed by atoms with Crippen LogP contribution in [0.1, 0.15) is 10.4 Å². The van der Waals surface area contributed by atoms with Gasteiger partial charge in [-0.05, 0) is 24.3 Å². The fourth-order valence-electron chi connectivity index (χ4n) is 0.727. The molecule has 0 aliphatic heterocycles. The summed E-state index contributed by atoms with van der Waals surface area (Å²) in [4.78, 5) is 11.1. The molecule has 0 fully saturated rings. The molecule has 1 aromatic rings. The van der Waals surface area contributed by atoms with Crippen molar-refractivity contribution < 1.29 is 47.3 Å². The predicted octanol–water partition coefficient (Wildman–Crippen LogP) is -1.71. The molecule has 0 N–H and O–H groups in total. The Bertz CT molecular complexity index is 443. The molecule has 0 aliphatic carbocycles. The van der Waals surface area contributed by atoms with E-state index in [9.17, 15) is 13.6 Å². The van der Waals surface area contributed by atoms with Crippen molar-refractivity contribution in [2.75, 3.05) is 0 Å². The van der Waals surface area contributed by atoms with Crippen LogP contribution in [0.15, 0.2) is 24.3 Å². The molecule has 15 heavy (non-hydrogen) atoms. The van der Waals surface area contributed by atoms with Crippen molar-refractivity contribution in [1.29, 1.82) is 0 Å². The molecular weight excluding hydrogens is 271 g/mol. The first-order chi connectivity index (χ1) is 6.38. The van der Waals surface area contributed by atoms with Crippen molar-refractivity contribution in [1.82, 2.24) is 0 Å². The van der Waals surface area contributed by atoms with Gasteiger partial charge in [-0.1, -0.05) is 11.6 Å².